The van der Waals surface area contributed by atoms with Crippen LogP contribution >= 0.6 is 0 Å². The Morgan fingerprint density at radius 2 is 2.50 bits per heavy atom. The second-order valence-electron chi connectivity index (χ2n) is 4.00. The fourth-order valence-corrected chi connectivity index (χ4v) is 1.87. The molecule has 16 heavy (non-hydrogen) atoms. The van der Waals surface area contributed by atoms with Crippen molar-refractivity contribution in [1.29, 1.82) is 0 Å². The second kappa shape index (κ2) is 5.12. The number of hydrogen-bond acceptors (Lipinski definition) is 5. The van der Waals surface area contributed by atoms with Crippen LogP contribution in [0.25, 0.3) is 0 Å². The van der Waals surface area contributed by atoms with Crippen LogP contribution < -0.4 is 10.2 Å². The first-order chi connectivity index (χ1) is 7.79. The number of rotatable bonds is 4. The maximum absolute atomic E-state index is 5.60. The van der Waals surface area contributed by atoms with Crippen LogP contribution in [0.15, 0.2) is 12.3 Å². The van der Waals surface area contributed by atoms with Crippen LogP contribution in [0.5, 0.6) is 0 Å². The van der Waals surface area contributed by atoms with Gasteiger partial charge in [-0.3, -0.25) is 0 Å². The molecule has 88 valence electrons. The van der Waals surface area contributed by atoms with Crippen LogP contribution in [-0.4, -0.2) is 43.3 Å². The van der Waals surface area contributed by atoms with Crippen LogP contribution in [-0.2, 0) is 4.74 Å². The number of nitrogens with one attached hydrogen (secondary N) is 1. The van der Waals surface area contributed by atoms with Gasteiger partial charge in [0.1, 0.15) is 5.82 Å². The molecular weight excluding hydrogens is 204 g/mol. The topological polar surface area (TPSA) is 50.3 Å². The van der Waals surface area contributed by atoms with Crippen LogP contribution in [0.4, 0.5) is 11.8 Å². The molecule has 2 rings (SSSR count). The van der Waals surface area contributed by atoms with E-state index in [1.165, 1.54) is 6.42 Å². The monoisotopic (exact) mass is 222 g/mol. The van der Waals surface area contributed by atoms with Gasteiger partial charge < -0.3 is 15.0 Å². The smallest absolute Gasteiger partial charge is 0.224 e. The molecule has 0 bridgehead atoms. The summed E-state index contributed by atoms with van der Waals surface area (Å²) in [5, 5.41) is 2.94. The molecule has 5 nitrogen and oxygen atoms in total. The lowest BCUT2D eigenvalue weighted by atomic mass is 10.2. The molecular formula is C11H18N4O. The van der Waals surface area contributed by atoms with E-state index in [2.05, 4.69) is 20.2 Å². The number of ether oxygens (including phenoxy) is 1. The number of nitrogens with zero attached hydrogens (tertiary/aromatic N) is 3. The predicted octanol–water partition coefficient (Wildman–Crippen LogP) is 1.13. The highest BCUT2D eigenvalue weighted by atomic mass is 16.5. The lowest BCUT2D eigenvalue weighted by Crippen LogP contribution is -2.29. The van der Waals surface area contributed by atoms with Crippen molar-refractivity contribution in [1.82, 2.24) is 9.97 Å². The van der Waals surface area contributed by atoms with E-state index in [-0.39, 0.29) is 0 Å². The van der Waals surface area contributed by atoms with Gasteiger partial charge in [-0.25, -0.2) is 4.98 Å². The highest BCUT2D eigenvalue weighted by molar-refractivity contribution is 5.41. The summed E-state index contributed by atoms with van der Waals surface area (Å²) in [5.41, 5.74) is 0. The molecule has 0 spiro atoms. The van der Waals surface area contributed by atoms with E-state index in [0.29, 0.717) is 12.1 Å². The van der Waals surface area contributed by atoms with E-state index < -0.39 is 0 Å². The van der Waals surface area contributed by atoms with Gasteiger partial charge in [-0.2, -0.15) is 4.98 Å². The third-order valence-corrected chi connectivity index (χ3v) is 2.76. The van der Waals surface area contributed by atoms with Crippen molar-refractivity contribution in [3.63, 3.8) is 0 Å². The molecule has 1 saturated heterocycles. The molecule has 1 aromatic rings. The molecule has 0 amide bonds. The average Bonchev–Trinajstić information content (AvgIpc) is 2.82. The van der Waals surface area contributed by atoms with Crippen molar-refractivity contribution in [3.05, 3.63) is 12.3 Å². The first-order valence-corrected chi connectivity index (χ1v) is 5.63. The van der Waals surface area contributed by atoms with Crippen LogP contribution in [0.1, 0.15) is 12.8 Å². The fourth-order valence-electron chi connectivity index (χ4n) is 1.87. The summed E-state index contributed by atoms with van der Waals surface area (Å²) in [4.78, 5) is 10.6. The van der Waals surface area contributed by atoms with E-state index in [9.17, 15) is 0 Å². The van der Waals surface area contributed by atoms with E-state index in [1.807, 2.05) is 20.2 Å². The maximum atomic E-state index is 5.60. The minimum Gasteiger partial charge on any atom is -0.376 e. The average molecular weight is 222 g/mol. The molecule has 0 saturated carbocycles. The highest BCUT2D eigenvalue weighted by Gasteiger charge is 2.18. The Kier molecular flexibility index (Phi) is 3.56. The summed E-state index contributed by atoms with van der Waals surface area (Å²) in [6, 6.07) is 1.91. The van der Waals surface area contributed by atoms with E-state index >= 15 is 0 Å². The van der Waals surface area contributed by atoms with Crippen molar-refractivity contribution < 1.29 is 4.74 Å². The van der Waals surface area contributed by atoms with Gasteiger partial charge in [0.25, 0.3) is 0 Å². The van der Waals surface area contributed by atoms with Crippen molar-refractivity contribution in [2.24, 2.45) is 0 Å². The quantitative estimate of drug-likeness (QED) is 0.827. The molecule has 0 aromatic carbocycles. The highest BCUT2D eigenvalue weighted by Crippen LogP contribution is 2.16. The number of anilines is 2. The first-order valence-electron chi connectivity index (χ1n) is 5.63. The second-order valence-corrected chi connectivity index (χ2v) is 4.00. The molecule has 5 heteroatoms. The zero-order chi connectivity index (χ0) is 11.4. The van der Waals surface area contributed by atoms with Gasteiger partial charge in [-0.1, -0.05) is 0 Å². The molecule has 1 unspecified atom stereocenters. The Morgan fingerprint density at radius 1 is 1.62 bits per heavy atom. The summed E-state index contributed by atoms with van der Waals surface area (Å²) in [7, 11) is 3.85. The molecule has 1 atom stereocenters. The molecule has 1 aliphatic heterocycles. The molecule has 1 N–H and O–H groups in total. The summed E-state index contributed by atoms with van der Waals surface area (Å²) in [6.45, 7) is 1.78. The zero-order valence-corrected chi connectivity index (χ0v) is 9.81. The van der Waals surface area contributed by atoms with Crippen LogP contribution in [0.3, 0.4) is 0 Å². The Labute approximate surface area is 95.8 Å². The standard InChI is InChI=1S/C11H18N4O/c1-12-11-13-6-5-10(14-11)15(2)8-9-4-3-7-16-9/h5-6,9H,3-4,7-8H2,1-2H3,(H,12,13,14). The Balaban J connectivity index is 1.98. The molecule has 1 aliphatic rings. The van der Waals surface area contributed by atoms with Gasteiger partial charge in [0, 0.05) is 33.4 Å². The SMILES string of the molecule is CNc1nccc(N(C)CC2CCCO2)n1. The van der Waals surface area contributed by atoms with E-state index in [1.54, 1.807) is 6.20 Å². The largest absolute Gasteiger partial charge is 0.376 e. The summed E-state index contributed by atoms with van der Waals surface area (Å²) < 4.78 is 5.60. The lowest BCUT2D eigenvalue weighted by Gasteiger charge is -2.21. The fraction of sp³-hybridized carbons (Fsp3) is 0.636. The van der Waals surface area contributed by atoms with Gasteiger partial charge in [-0.15, -0.1) is 0 Å². The normalized spacial score (nSPS) is 19.8. The Morgan fingerprint density at radius 3 is 3.19 bits per heavy atom. The van der Waals surface area contributed by atoms with Gasteiger partial charge in [0.2, 0.25) is 5.95 Å². The number of hydrogen-bond donors (Lipinski definition) is 1. The van der Waals surface area contributed by atoms with E-state index in [4.69, 9.17) is 4.74 Å². The number of likely N-dealkylation sites (N-methyl/N-ethyl adjacent to an activating group) is 1. The Hall–Kier alpha value is -1.36. The number of aromatic nitrogens is 2. The minimum atomic E-state index is 0.345. The van der Waals surface area contributed by atoms with Crippen molar-refractivity contribution in [2.75, 3.05) is 37.5 Å². The molecule has 1 fully saturated rings. The Bertz CT molecular complexity index is 339. The summed E-state index contributed by atoms with van der Waals surface area (Å²) in [6.07, 6.45) is 4.43. The van der Waals surface area contributed by atoms with Gasteiger partial charge in [0.05, 0.1) is 6.10 Å². The molecule has 0 radical (unpaired) electrons. The van der Waals surface area contributed by atoms with Gasteiger partial charge >= 0.3 is 0 Å². The third-order valence-electron chi connectivity index (χ3n) is 2.76. The van der Waals surface area contributed by atoms with Crippen LogP contribution in [0, 0.1) is 0 Å². The van der Waals surface area contributed by atoms with Crippen molar-refractivity contribution in [2.45, 2.75) is 18.9 Å². The molecule has 2 heterocycles. The third kappa shape index (κ3) is 2.61. The minimum absolute atomic E-state index is 0.345. The predicted molar refractivity (Wildman–Crippen MR) is 63.8 cm³/mol. The zero-order valence-electron chi connectivity index (χ0n) is 9.81. The lowest BCUT2D eigenvalue weighted by molar-refractivity contribution is 0.116. The van der Waals surface area contributed by atoms with Gasteiger partial charge in [0.15, 0.2) is 0 Å². The van der Waals surface area contributed by atoms with Crippen molar-refractivity contribution >= 4 is 11.8 Å². The summed E-state index contributed by atoms with van der Waals surface area (Å²) >= 11 is 0. The van der Waals surface area contributed by atoms with Crippen LogP contribution in [0.2, 0.25) is 0 Å². The maximum Gasteiger partial charge on any atom is 0.224 e. The van der Waals surface area contributed by atoms with Gasteiger partial charge in [-0.05, 0) is 18.9 Å². The summed E-state index contributed by atoms with van der Waals surface area (Å²) in [5.74, 6) is 1.58. The van der Waals surface area contributed by atoms with E-state index in [0.717, 1.165) is 25.4 Å². The van der Waals surface area contributed by atoms with Crippen molar-refractivity contribution in [3.8, 4) is 0 Å². The first kappa shape index (κ1) is 11.1. The molecule has 1 aromatic heterocycles. The molecule has 0 aliphatic carbocycles.